The molecular formula is C23H24N2O2. The Kier molecular flexibility index (Phi) is 6.61. The zero-order valence-corrected chi connectivity index (χ0v) is 15.4. The number of amides is 1. The molecule has 0 saturated heterocycles. The molecule has 4 nitrogen and oxygen atoms in total. The fourth-order valence-electron chi connectivity index (χ4n) is 2.85. The zero-order chi connectivity index (χ0) is 18.9. The van der Waals surface area contributed by atoms with Gasteiger partial charge in [-0.25, -0.2) is 0 Å². The predicted molar refractivity (Wildman–Crippen MR) is 109 cm³/mol. The van der Waals surface area contributed by atoms with Crippen LogP contribution in [-0.2, 0) is 0 Å². The van der Waals surface area contributed by atoms with Crippen LogP contribution in [0.2, 0.25) is 0 Å². The second kappa shape index (κ2) is 9.55. The minimum atomic E-state index is -0.155. The van der Waals surface area contributed by atoms with Crippen LogP contribution >= 0.6 is 0 Å². The van der Waals surface area contributed by atoms with Crippen molar-refractivity contribution in [1.82, 2.24) is 5.32 Å². The van der Waals surface area contributed by atoms with Crippen molar-refractivity contribution in [1.29, 1.82) is 0 Å². The lowest BCUT2D eigenvalue weighted by Crippen LogP contribution is -2.17. The molecule has 0 aliphatic carbocycles. The van der Waals surface area contributed by atoms with Crippen LogP contribution in [0.15, 0.2) is 84.9 Å². The Morgan fingerprint density at radius 2 is 1.52 bits per heavy atom. The molecule has 0 aromatic heterocycles. The Balaban J connectivity index is 1.80. The van der Waals surface area contributed by atoms with Crippen molar-refractivity contribution in [2.75, 3.05) is 18.9 Å². The molecule has 2 N–H and O–H groups in total. The summed E-state index contributed by atoms with van der Waals surface area (Å²) in [4.78, 5) is 12.5. The third-order valence-electron chi connectivity index (χ3n) is 4.27. The molecule has 3 rings (SSSR count). The van der Waals surface area contributed by atoms with E-state index in [9.17, 15) is 4.79 Å². The summed E-state index contributed by atoms with van der Waals surface area (Å²) >= 11 is 0. The summed E-state index contributed by atoms with van der Waals surface area (Å²) < 4.78 is 6.32. The molecule has 0 heterocycles. The zero-order valence-electron chi connectivity index (χ0n) is 15.4. The molecule has 0 aliphatic rings. The minimum absolute atomic E-state index is 0.103. The van der Waals surface area contributed by atoms with Gasteiger partial charge in [-0.1, -0.05) is 60.7 Å². The quantitative estimate of drug-likeness (QED) is 0.614. The van der Waals surface area contributed by atoms with Gasteiger partial charge in [0.2, 0.25) is 0 Å². The molecule has 3 aromatic carbocycles. The Hall–Kier alpha value is -3.11. The van der Waals surface area contributed by atoms with Gasteiger partial charge in [0.05, 0.1) is 5.69 Å². The Bertz CT molecular complexity index is 851. The molecular weight excluding hydrogens is 336 g/mol. The van der Waals surface area contributed by atoms with E-state index < -0.39 is 0 Å². The minimum Gasteiger partial charge on any atom is -0.484 e. The number of carbonyl (C=O) groups is 1. The van der Waals surface area contributed by atoms with Crippen LogP contribution in [0.25, 0.3) is 0 Å². The number of ether oxygens (including phenoxy) is 1. The van der Waals surface area contributed by atoms with Gasteiger partial charge in [-0.3, -0.25) is 4.79 Å². The van der Waals surface area contributed by atoms with Gasteiger partial charge >= 0.3 is 0 Å². The van der Waals surface area contributed by atoms with Crippen molar-refractivity contribution in [2.45, 2.75) is 12.5 Å². The van der Waals surface area contributed by atoms with Gasteiger partial charge < -0.3 is 15.4 Å². The van der Waals surface area contributed by atoms with Crippen molar-refractivity contribution in [3.63, 3.8) is 0 Å². The predicted octanol–water partition coefficient (Wildman–Crippen LogP) is 4.67. The van der Waals surface area contributed by atoms with E-state index >= 15 is 0 Å². The molecule has 0 saturated carbocycles. The highest BCUT2D eigenvalue weighted by Gasteiger charge is 2.16. The summed E-state index contributed by atoms with van der Waals surface area (Å²) in [5.41, 5.74) is 2.38. The van der Waals surface area contributed by atoms with Crippen LogP contribution in [-0.4, -0.2) is 19.5 Å². The molecule has 4 heteroatoms. The van der Waals surface area contributed by atoms with Crippen LogP contribution < -0.4 is 15.4 Å². The number of benzene rings is 3. The molecule has 138 valence electrons. The first kappa shape index (κ1) is 18.7. The fourth-order valence-corrected chi connectivity index (χ4v) is 2.85. The van der Waals surface area contributed by atoms with Crippen LogP contribution in [0.1, 0.15) is 28.4 Å². The summed E-state index contributed by atoms with van der Waals surface area (Å²) in [5, 5.41) is 6.13. The smallest absolute Gasteiger partial charge is 0.255 e. The average Bonchev–Trinajstić information content (AvgIpc) is 2.73. The molecule has 0 aliphatic heterocycles. The lowest BCUT2D eigenvalue weighted by atomic mass is 10.1. The monoisotopic (exact) mass is 360 g/mol. The van der Waals surface area contributed by atoms with Crippen molar-refractivity contribution >= 4 is 11.6 Å². The first-order valence-corrected chi connectivity index (χ1v) is 9.09. The van der Waals surface area contributed by atoms with E-state index in [1.54, 1.807) is 12.1 Å². The molecule has 1 unspecified atom stereocenters. The molecule has 0 spiro atoms. The summed E-state index contributed by atoms with van der Waals surface area (Å²) in [5.74, 6) is 0.505. The topological polar surface area (TPSA) is 50.4 Å². The summed E-state index contributed by atoms with van der Waals surface area (Å²) in [6.07, 6.45) is 0.718. The number of hydrogen-bond acceptors (Lipinski definition) is 3. The number of rotatable bonds is 8. The first-order chi connectivity index (χ1) is 13.3. The summed E-state index contributed by atoms with van der Waals surface area (Å²) in [6, 6.07) is 26.8. The fraction of sp³-hybridized carbons (Fsp3) is 0.174. The van der Waals surface area contributed by atoms with Gasteiger partial charge in [-0.2, -0.15) is 0 Å². The molecule has 1 atom stereocenters. The largest absolute Gasteiger partial charge is 0.484 e. The van der Waals surface area contributed by atoms with Crippen LogP contribution in [0, 0.1) is 0 Å². The molecule has 27 heavy (non-hydrogen) atoms. The maximum Gasteiger partial charge on any atom is 0.255 e. The van der Waals surface area contributed by atoms with Gasteiger partial charge in [0, 0.05) is 12.0 Å². The highest BCUT2D eigenvalue weighted by atomic mass is 16.5. The first-order valence-electron chi connectivity index (χ1n) is 9.09. The Morgan fingerprint density at radius 1 is 0.889 bits per heavy atom. The number of hydrogen-bond donors (Lipinski definition) is 2. The van der Waals surface area contributed by atoms with E-state index in [0.717, 1.165) is 18.5 Å². The van der Waals surface area contributed by atoms with Gasteiger partial charge in [-0.05, 0) is 43.4 Å². The standard InChI is InChI=1S/C23H24N2O2/c1-24-17-16-21(18-10-4-2-5-11-18)27-22-15-9-8-14-20(22)25-23(26)19-12-6-3-7-13-19/h2-15,21,24H,16-17H2,1H3,(H,25,26). The van der Waals surface area contributed by atoms with Crippen LogP contribution in [0.4, 0.5) is 5.69 Å². The van der Waals surface area contributed by atoms with Gasteiger partial charge in [0.25, 0.3) is 5.91 Å². The normalized spacial score (nSPS) is 11.6. The highest BCUT2D eigenvalue weighted by Crippen LogP contribution is 2.31. The Labute approximate surface area is 160 Å². The lowest BCUT2D eigenvalue weighted by Gasteiger charge is -2.21. The number of carbonyl (C=O) groups excluding carboxylic acids is 1. The highest BCUT2D eigenvalue weighted by molar-refractivity contribution is 6.04. The number of anilines is 1. The average molecular weight is 360 g/mol. The van der Waals surface area contributed by atoms with Gasteiger partial charge in [-0.15, -0.1) is 0 Å². The second-order valence-corrected chi connectivity index (χ2v) is 6.23. The molecule has 1 amide bonds. The van der Waals surface area contributed by atoms with Crippen LogP contribution in [0.3, 0.4) is 0 Å². The van der Waals surface area contributed by atoms with E-state index in [4.69, 9.17) is 4.74 Å². The molecule has 0 fully saturated rings. The molecule has 0 bridgehead atoms. The van der Waals surface area contributed by atoms with Gasteiger partial charge in [0.15, 0.2) is 0 Å². The van der Waals surface area contributed by atoms with E-state index in [1.165, 1.54) is 0 Å². The van der Waals surface area contributed by atoms with Gasteiger partial charge in [0.1, 0.15) is 11.9 Å². The van der Waals surface area contributed by atoms with E-state index in [2.05, 4.69) is 22.8 Å². The van der Waals surface area contributed by atoms with Crippen molar-refractivity contribution < 1.29 is 9.53 Å². The maximum absolute atomic E-state index is 12.5. The maximum atomic E-state index is 12.5. The van der Waals surface area contributed by atoms with Crippen molar-refractivity contribution in [3.8, 4) is 5.75 Å². The van der Waals surface area contributed by atoms with Crippen molar-refractivity contribution in [3.05, 3.63) is 96.1 Å². The summed E-state index contributed by atoms with van der Waals surface area (Å²) in [7, 11) is 1.93. The van der Waals surface area contributed by atoms with Crippen LogP contribution in [0.5, 0.6) is 5.75 Å². The number of nitrogens with one attached hydrogen (secondary N) is 2. The number of para-hydroxylation sites is 2. The molecule has 3 aromatic rings. The SMILES string of the molecule is CNCCC(Oc1ccccc1NC(=O)c1ccccc1)c1ccccc1. The van der Waals surface area contributed by atoms with E-state index in [-0.39, 0.29) is 12.0 Å². The Morgan fingerprint density at radius 3 is 2.22 bits per heavy atom. The summed E-state index contributed by atoms with van der Waals surface area (Å²) in [6.45, 7) is 0.831. The second-order valence-electron chi connectivity index (χ2n) is 6.23. The van der Waals surface area contributed by atoms with Crippen molar-refractivity contribution in [2.24, 2.45) is 0 Å². The third kappa shape index (κ3) is 5.19. The third-order valence-corrected chi connectivity index (χ3v) is 4.27. The molecule has 0 radical (unpaired) electrons. The van der Waals surface area contributed by atoms with E-state index in [0.29, 0.717) is 17.0 Å². The lowest BCUT2D eigenvalue weighted by molar-refractivity contribution is 0.102. The van der Waals surface area contributed by atoms with E-state index in [1.807, 2.05) is 67.7 Å².